The van der Waals surface area contributed by atoms with E-state index < -0.39 is 0 Å². The van der Waals surface area contributed by atoms with Gasteiger partial charge in [0.15, 0.2) is 0 Å². The molecule has 1 heterocycles. The topological polar surface area (TPSA) is 50.8 Å². The Labute approximate surface area is 161 Å². The van der Waals surface area contributed by atoms with Crippen LogP contribution < -0.4 is 5.48 Å². The Morgan fingerprint density at radius 1 is 1.04 bits per heavy atom. The van der Waals surface area contributed by atoms with Crippen LogP contribution in [0.1, 0.15) is 30.9 Å². The number of hydrogen-bond donors (Lipinski definition) is 1. The first kappa shape index (κ1) is 19.5. The van der Waals surface area contributed by atoms with E-state index in [4.69, 9.17) is 9.57 Å². The molecule has 2 aromatic rings. The summed E-state index contributed by atoms with van der Waals surface area (Å²) in [5.74, 6) is -0.128. The van der Waals surface area contributed by atoms with Crippen molar-refractivity contribution in [2.24, 2.45) is 0 Å². The van der Waals surface area contributed by atoms with Crippen molar-refractivity contribution in [2.75, 3.05) is 13.2 Å². The molecule has 27 heavy (non-hydrogen) atoms. The Kier molecular flexibility index (Phi) is 7.39. The maximum absolute atomic E-state index is 12.4. The molecule has 5 nitrogen and oxygen atoms in total. The van der Waals surface area contributed by atoms with E-state index in [-0.39, 0.29) is 18.1 Å². The molecule has 0 spiro atoms. The molecule has 0 aromatic heterocycles. The molecule has 3 rings (SSSR count). The van der Waals surface area contributed by atoms with E-state index in [9.17, 15) is 4.79 Å². The lowest BCUT2D eigenvalue weighted by Gasteiger charge is -2.38. The number of carbonyl (C=O) groups is 1. The number of ether oxygens (including phenoxy) is 1. The number of rotatable bonds is 8. The number of nitrogens with zero attached hydrogens (tertiary/aromatic N) is 1. The molecule has 1 aliphatic heterocycles. The summed E-state index contributed by atoms with van der Waals surface area (Å²) in [4.78, 5) is 20.3. The van der Waals surface area contributed by atoms with Gasteiger partial charge in [-0.2, -0.15) is 5.48 Å². The fraction of sp³-hybridized carbons (Fsp3) is 0.409. The highest BCUT2D eigenvalue weighted by Gasteiger charge is 2.34. The quantitative estimate of drug-likeness (QED) is 0.572. The zero-order valence-corrected chi connectivity index (χ0v) is 15.8. The summed E-state index contributed by atoms with van der Waals surface area (Å²) in [6, 6.07) is 20.3. The lowest BCUT2D eigenvalue weighted by Crippen LogP contribution is -2.53. The molecule has 0 bridgehead atoms. The van der Waals surface area contributed by atoms with Gasteiger partial charge in [-0.3, -0.25) is 14.5 Å². The fourth-order valence-corrected chi connectivity index (χ4v) is 3.45. The van der Waals surface area contributed by atoms with Crippen LogP contribution in [-0.2, 0) is 27.5 Å². The monoisotopic (exact) mass is 368 g/mol. The molecule has 1 saturated heterocycles. The van der Waals surface area contributed by atoms with Crippen molar-refractivity contribution in [3.8, 4) is 0 Å². The molecule has 2 atom stereocenters. The zero-order valence-electron chi connectivity index (χ0n) is 15.8. The van der Waals surface area contributed by atoms with Crippen molar-refractivity contribution in [3.05, 3.63) is 71.8 Å². The molecule has 0 amide bonds. The maximum atomic E-state index is 12.4. The second-order valence-electron chi connectivity index (χ2n) is 6.85. The van der Waals surface area contributed by atoms with Crippen LogP contribution in [0.3, 0.4) is 0 Å². The molecular weight excluding hydrogens is 340 g/mol. The van der Waals surface area contributed by atoms with Crippen LogP contribution >= 0.6 is 0 Å². The van der Waals surface area contributed by atoms with Crippen molar-refractivity contribution in [2.45, 2.75) is 45.0 Å². The van der Waals surface area contributed by atoms with E-state index >= 15 is 0 Å². The molecule has 1 N–H and O–H groups in total. The van der Waals surface area contributed by atoms with Gasteiger partial charge in [0.1, 0.15) is 6.04 Å². The third-order valence-corrected chi connectivity index (χ3v) is 4.80. The van der Waals surface area contributed by atoms with Gasteiger partial charge in [0.2, 0.25) is 0 Å². The molecule has 1 fully saturated rings. The Morgan fingerprint density at radius 3 is 2.37 bits per heavy atom. The number of hydroxylamine groups is 1. The van der Waals surface area contributed by atoms with E-state index in [2.05, 4.69) is 22.5 Å². The molecule has 5 heteroatoms. The highest BCUT2D eigenvalue weighted by molar-refractivity contribution is 5.76. The number of nitrogens with one attached hydrogen (secondary N) is 1. The van der Waals surface area contributed by atoms with Crippen molar-refractivity contribution < 1.29 is 14.4 Å². The zero-order chi connectivity index (χ0) is 18.9. The predicted octanol–water partition coefficient (Wildman–Crippen LogP) is 3.30. The van der Waals surface area contributed by atoms with Gasteiger partial charge in [0.25, 0.3) is 0 Å². The first-order valence-corrected chi connectivity index (χ1v) is 9.62. The van der Waals surface area contributed by atoms with Crippen molar-refractivity contribution in [1.82, 2.24) is 10.4 Å². The number of carbonyl (C=O) groups excluding carboxylic acids is 1. The Bertz CT molecular complexity index is 693. The average Bonchev–Trinajstić information content (AvgIpc) is 2.70. The largest absolute Gasteiger partial charge is 0.465 e. The van der Waals surface area contributed by atoms with E-state index in [1.54, 1.807) is 0 Å². The highest BCUT2D eigenvalue weighted by Crippen LogP contribution is 2.21. The van der Waals surface area contributed by atoms with Gasteiger partial charge in [-0.1, -0.05) is 60.7 Å². The fourth-order valence-electron chi connectivity index (χ4n) is 3.45. The minimum absolute atomic E-state index is 0.128. The number of benzene rings is 2. The minimum Gasteiger partial charge on any atom is -0.465 e. The first-order valence-electron chi connectivity index (χ1n) is 9.62. The molecule has 0 radical (unpaired) electrons. The van der Waals surface area contributed by atoms with Crippen molar-refractivity contribution in [3.63, 3.8) is 0 Å². The minimum atomic E-state index is -0.197. The lowest BCUT2D eigenvalue weighted by molar-refractivity contribution is -0.152. The van der Waals surface area contributed by atoms with Crippen LogP contribution in [0.15, 0.2) is 60.7 Å². The van der Waals surface area contributed by atoms with Crippen LogP contribution in [0.25, 0.3) is 0 Å². The summed E-state index contributed by atoms with van der Waals surface area (Å²) in [5.41, 5.74) is 5.51. The molecule has 0 unspecified atom stereocenters. The number of esters is 1. The van der Waals surface area contributed by atoms with Crippen LogP contribution in [0, 0.1) is 0 Å². The van der Waals surface area contributed by atoms with E-state index in [1.165, 1.54) is 5.56 Å². The standard InChI is InChI=1S/C22H28N2O3/c1-2-26-22(25)21-14-13-20(23-27-17-19-11-7-4-8-12-19)16-24(21)15-18-9-5-3-6-10-18/h3-12,20-21,23H,2,13-17H2,1H3/t20-,21+/m1/s1. The molecule has 0 saturated carbocycles. The summed E-state index contributed by atoms with van der Waals surface area (Å²) >= 11 is 0. The second kappa shape index (κ2) is 10.2. The summed E-state index contributed by atoms with van der Waals surface area (Å²) in [5, 5.41) is 0. The normalized spacial score (nSPS) is 20.3. The van der Waals surface area contributed by atoms with E-state index in [0.29, 0.717) is 13.2 Å². The van der Waals surface area contributed by atoms with Gasteiger partial charge in [0.05, 0.1) is 13.2 Å². The van der Waals surface area contributed by atoms with Crippen molar-refractivity contribution in [1.29, 1.82) is 0 Å². The molecule has 2 aromatic carbocycles. The summed E-state index contributed by atoms with van der Waals surface area (Å²) in [6.45, 7) is 4.26. The lowest BCUT2D eigenvalue weighted by atomic mass is 9.98. The second-order valence-corrected chi connectivity index (χ2v) is 6.85. The third-order valence-electron chi connectivity index (χ3n) is 4.80. The molecule has 144 valence electrons. The SMILES string of the molecule is CCOC(=O)[C@@H]1CC[C@@H](NOCc2ccccc2)CN1Cc1ccccc1. The number of hydrogen-bond acceptors (Lipinski definition) is 5. The molecular formula is C22H28N2O3. The first-order chi connectivity index (χ1) is 13.3. The summed E-state index contributed by atoms with van der Waals surface area (Å²) in [7, 11) is 0. The number of likely N-dealkylation sites (tertiary alicyclic amines) is 1. The van der Waals surface area contributed by atoms with Crippen LogP contribution in [0.4, 0.5) is 0 Å². The third kappa shape index (κ3) is 5.89. The Balaban J connectivity index is 1.57. The Hall–Kier alpha value is -2.21. The van der Waals surface area contributed by atoms with Gasteiger partial charge in [-0.05, 0) is 30.9 Å². The average molecular weight is 368 g/mol. The van der Waals surface area contributed by atoms with Gasteiger partial charge < -0.3 is 4.74 Å². The van der Waals surface area contributed by atoms with E-state index in [1.807, 2.05) is 55.5 Å². The van der Waals surface area contributed by atoms with Crippen LogP contribution in [0.5, 0.6) is 0 Å². The highest BCUT2D eigenvalue weighted by atomic mass is 16.6. The smallest absolute Gasteiger partial charge is 0.323 e. The molecule has 0 aliphatic carbocycles. The van der Waals surface area contributed by atoms with Crippen LogP contribution in [-0.4, -0.2) is 36.1 Å². The van der Waals surface area contributed by atoms with Gasteiger partial charge >= 0.3 is 5.97 Å². The summed E-state index contributed by atoms with van der Waals surface area (Å²) in [6.07, 6.45) is 1.64. The van der Waals surface area contributed by atoms with Gasteiger partial charge in [-0.25, -0.2) is 0 Å². The van der Waals surface area contributed by atoms with Crippen LogP contribution in [0.2, 0.25) is 0 Å². The number of piperidine rings is 1. The Morgan fingerprint density at radius 2 is 1.70 bits per heavy atom. The van der Waals surface area contributed by atoms with Gasteiger partial charge in [-0.15, -0.1) is 0 Å². The predicted molar refractivity (Wildman–Crippen MR) is 105 cm³/mol. The summed E-state index contributed by atoms with van der Waals surface area (Å²) < 4.78 is 5.29. The maximum Gasteiger partial charge on any atom is 0.323 e. The molecule has 1 aliphatic rings. The van der Waals surface area contributed by atoms with Crippen molar-refractivity contribution >= 4 is 5.97 Å². The van der Waals surface area contributed by atoms with Gasteiger partial charge in [0, 0.05) is 19.1 Å². The van der Waals surface area contributed by atoms with E-state index in [0.717, 1.165) is 31.5 Å².